The van der Waals surface area contributed by atoms with Crippen LogP contribution in [0.1, 0.15) is 40.7 Å². The van der Waals surface area contributed by atoms with Crippen molar-refractivity contribution in [3.63, 3.8) is 0 Å². The van der Waals surface area contributed by atoms with Gasteiger partial charge in [-0.15, -0.1) is 0 Å². The second kappa shape index (κ2) is 11.2. The van der Waals surface area contributed by atoms with E-state index in [1.165, 1.54) is 6.42 Å². The van der Waals surface area contributed by atoms with Crippen LogP contribution in [-0.2, 0) is 6.61 Å². The average molecular weight is 444 g/mol. The van der Waals surface area contributed by atoms with Gasteiger partial charge in [0, 0.05) is 18.7 Å². The highest BCUT2D eigenvalue weighted by molar-refractivity contribution is 5.94. The van der Waals surface area contributed by atoms with E-state index in [0.29, 0.717) is 18.1 Å². The number of benzene rings is 3. The van der Waals surface area contributed by atoms with Crippen molar-refractivity contribution in [2.24, 2.45) is 5.10 Å². The fraction of sp³-hybridized carbons (Fsp3) is 0.259. The zero-order valence-corrected chi connectivity index (χ0v) is 18.9. The molecule has 1 heterocycles. The second-order valence-corrected chi connectivity index (χ2v) is 7.98. The van der Waals surface area contributed by atoms with Gasteiger partial charge >= 0.3 is 0 Å². The number of anilines is 1. The molecular formula is C27H29N3O3. The monoisotopic (exact) mass is 443 g/mol. The van der Waals surface area contributed by atoms with Gasteiger partial charge in [-0.3, -0.25) is 10.2 Å². The zero-order chi connectivity index (χ0) is 22.9. The Morgan fingerprint density at radius 1 is 0.970 bits per heavy atom. The maximum atomic E-state index is 12.6. The van der Waals surface area contributed by atoms with Gasteiger partial charge in [0.05, 0.1) is 19.0 Å². The van der Waals surface area contributed by atoms with Crippen LogP contribution in [0.5, 0.6) is 11.5 Å². The van der Waals surface area contributed by atoms with Crippen LogP contribution in [0.15, 0.2) is 77.9 Å². The highest BCUT2D eigenvalue weighted by atomic mass is 16.5. The number of nitrogens with one attached hydrogen (secondary N) is 1. The fourth-order valence-corrected chi connectivity index (χ4v) is 3.76. The number of methoxy groups -OCH3 is 1. The summed E-state index contributed by atoms with van der Waals surface area (Å²) in [7, 11) is 1.62. The van der Waals surface area contributed by atoms with Gasteiger partial charge in [-0.2, -0.15) is 5.10 Å². The number of hydrazone groups is 1. The molecule has 0 aliphatic carbocycles. The Morgan fingerprint density at radius 3 is 2.45 bits per heavy atom. The summed E-state index contributed by atoms with van der Waals surface area (Å²) in [6.45, 7) is 2.09. The van der Waals surface area contributed by atoms with E-state index < -0.39 is 0 Å². The number of likely N-dealkylation sites (tertiary alicyclic amines) is 1. The molecule has 0 aromatic heterocycles. The molecule has 3 aromatic rings. The summed E-state index contributed by atoms with van der Waals surface area (Å²) in [6.07, 6.45) is 5.13. The molecule has 1 fully saturated rings. The molecule has 6 heteroatoms. The lowest BCUT2D eigenvalue weighted by Gasteiger charge is -2.26. The summed E-state index contributed by atoms with van der Waals surface area (Å²) in [5, 5.41) is 4.26. The first-order valence-electron chi connectivity index (χ1n) is 11.3. The highest BCUT2D eigenvalue weighted by Crippen LogP contribution is 2.28. The minimum Gasteiger partial charge on any atom is -0.493 e. The Bertz CT molecular complexity index is 1080. The largest absolute Gasteiger partial charge is 0.493 e. The van der Waals surface area contributed by atoms with Crippen LogP contribution < -0.4 is 14.9 Å². The van der Waals surface area contributed by atoms with Gasteiger partial charge in [0.25, 0.3) is 5.91 Å². The van der Waals surface area contributed by atoms with Gasteiger partial charge in [-0.1, -0.05) is 30.3 Å². The summed E-state index contributed by atoms with van der Waals surface area (Å²) in [5.41, 5.74) is 6.53. The molecule has 170 valence electrons. The number of amides is 1. The molecule has 0 radical (unpaired) electrons. The first kappa shape index (κ1) is 22.4. The van der Waals surface area contributed by atoms with E-state index in [9.17, 15) is 4.79 Å². The van der Waals surface area contributed by atoms with Crippen LogP contribution in [0.4, 0.5) is 5.69 Å². The quantitative estimate of drug-likeness (QED) is 0.377. The number of nitrogens with zero attached hydrogens (tertiary/aromatic N) is 2. The number of para-hydroxylation sites is 1. The van der Waals surface area contributed by atoms with Gasteiger partial charge < -0.3 is 14.4 Å². The van der Waals surface area contributed by atoms with Crippen molar-refractivity contribution < 1.29 is 14.3 Å². The molecule has 1 amide bonds. The normalized spacial score (nSPS) is 13.7. The predicted molar refractivity (Wildman–Crippen MR) is 131 cm³/mol. The van der Waals surface area contributed by atoms with Crippen molar-refractivity contribution in [2.45, 2.75) is 25.9 Å². The lowest BCUT2D eigenvalue weighted by atomic mass is 10.1. The molecule has 0 saturated carbocycles. The third-order valence-electron chi connectivity index (χ3n) is 5.61. The highest BCUT2D eigenvalue weighted by Gasteiger charge is 2.17. The molecule has 6 nitrogen and oxygen atoms in total. The Labute approximate surface area is 194 Å². The summed E-state index contributed by atoms with van der Waals surface area (Å²) in [5.74, 6) is 1.40. The average Bonchev–Trinajstić information content (AvgIpc) is 2.89. The molecule has 1 aliphatic heterocycles. The van der Waals surface area contributed by atoms with Crippen molar-refractivity contribution in [3.05, 3.63) is 89.5 Å². The van der Waals surface area contributed by atoms with Crippen molar-refractivity contribution in [1.82, 2.24) is 4.90 Å². The Balaban J connectivity index is 1.34. The van der Waals surface area contributed by atoms with Crippen LogP contribution in [0.25, 0.3) is 0 Å². The van der Waals surface area contributed by atoms with E-state index in [0.717, 1.165) is 48.3 Å². The number of rotatable bonds is 8. The van der Waals surface area contributed by atoms with Gasteiger partial charge in [-0.25, -0.2) is 0 Å². The molecule has 0 spiro atoms. The molecule has 4 rings (SSSR count). The Morgan fingerprint density at radius 2 is 1.73 bits per heavy atom. The van der Waals surface area contributed by atoms with Gasteiger partial charge in [0.15, 0.2) is 11.5 Å². The minimum absolute atomic E-state index is 0.114. The van der Waals surface area contributed by atoms with E-state index in [1.54, 1.807) is 13.3 Å². The molecule has 0 bridgehead atoms. The van der Waals surface area contributed by atoms with E-state index in [-0.39, 0.29) is 5.91 Å². The smallest absolute Gasteiger partial charge is 0.253 e. The SMILES string of the molecule is COc1cc(/C=N\Nc2ccccc2)ccc1OCc1ccc(C(=O)N2CCCCC2)cc1. The van der Waals surface area contributed by atoms with Crippen LogP contribution in [0.2, 0.25) is 0 Å². The Kier molecular flexibility index (Phi) is 7.59. The van der Waals surface area contributed by atoms with Gasteiger partial charge in [0.1, 0.15) is 6.61 Å². The number of piperidine rings is 1. The van der Waals surface area contributed by atoms with Crippen molar-refractivity contribution in [1.29, 1.82) is 0 Å². The molecular weight excluding hydrogens is 414 g/mol. The molecule has 0 unspecified atom stereocenters. The Hall–Kier alpha value is -3.80. The number of hydrogen-bond acceptors (Lipinski definition) is 5. The summed E-state index contributed by atoms with van der Waals surface area (Å²) in [6, 6.07) is 23.1. The lowest BCUT2D eigenvalue weighted by molar-refractivity contribution is 0.0724. The minimum atomic E-state index is 0.114. The maximum absolute atomic E-state index is 12.6. The van der Waals surface area contributed by atoms with E-state index in [2.05, 4.69) is 10.5 Å². The number of ether oxygens (including phenoxy) is 2. The summed E-state index contributed by atoms with van der Waals surface area (Å²) in [4.78, 5) is 14.6. The zero-order valence-electron chi connectivity index (χ0n) is 18.9. The van der Waals surface area contributed by atoms with Gasteiger partial charge in [0.2, 0.25) is 0 Å². The van der Waals surface area contributed by atoms with Crippen molar-refractivity contribution >= 4 is 17.8 Å². The topological polar surface area (TPSA) is 63.2 Å². The van der Waals surface area contributed by atoms with Crippen LogP contribution in [-0.4, -0.2) is 37.2 Å². The number of carbonyl (C=O) groups excluding carboxylic acids is 1. The van der Waals surface area contributed by atoms with E-state index >= 15 is 0 Å². The van der Waals surface area contributed by atoms with Gasteiger partial charge in [-0.05, 0) is 72.9 Å². The van der Waals surface area contributed by atoms with Crippen LogP contribution in [0, 0.1) is 0 Å². The molecule has 1 N–H and O–H groups in total. The summed E-state index contributed by atoms with van der Waals surface area (Å²) >= 11 is 0. The first-order chi connectivity index (χ1) is 16.2. The van der Waals surface area contributed by atoms with E-state index in [4.69, 9.17) is 9.47 Å². The van der Waals surface area contributed by atoms with Crippen molar-refractivity contribution in [2.75, 3.05) is 25.6 Å². The third kappa shape index (κ3) is 6.13. The molecule has 33 heavy (non-hydrogen) atoms. The number of hydrogen-bond donors (Lipinski definition) is 1. The van der Waals surface area contributed by atoms with Crippen molar-refractivity contribution in [3.8, 4) is 11.5 Å². The third-order valence-corrected chi connectivity index (χ3v) is 5.61. The maximum Gasteiger partial charge on any atom is 0.253 e. The first-order valence-corrected chi connectivity index (χ1v) is 11.3. The fourth-order valence-electron chi connectivity index (χ4n) is 3.76. The molecule has 3 aromatic carbocycles. The molecule has 1 saturated heterocycles. The van der Waals surface area contributed by atoms with Crippen LogP contribution in [0.3, 0.4) is 0 Å². The number of carbonyl (C=O) groups is 1. The second-order valence-electron chi connectivity index (χ2n) is 7.98. The van der Waals surface area contributed by atoms with E-state index in [1.807, 2.05) is 77.7 Å². The molecule has 1 aliphatic rings. The van der Waals surface area contributed by atoms with Crippen LogP contribution >= 0.6 is 0 Å². The summed E-state index contributed by atoms with van der Waals surface area (Å²) < 4.78 is 11.5. The lowest BCUT2D eigenvalue weighted by Crippen LogP contribution is -2.35. The standard InChI is InChI=1S/C27H29N3O3/c1-32-26-18-22(19-28-29-24-8-4-2-5-9-24)12-15-25(26)33-20-21-10-13-23(14-11-21)27(31)30-16-6-3-7-17-30/h2,4-5,8-15,18-19,29H,3,6-7,16-17,20H2,1H3/b28-19-. The predicted octanol–water partition coefficient (Wildman–Crippen LogP) is 5.35. The molecule has 0 atom stereocenters.